The van der Waals surface area contributed by atoms with Gasteiger partial charge in [0.2, 0.25) is 0 Å². The van der Waals surface area contributed by atoms with Crippen molar-refractivity contribution in [2.75, 3.05) is 13.2 Å². The standard InChI is InChI=1S/C16H20ClNO3/c1-11-13-10-12(17)6-7-14(13)21-15(11)16(20)18-8-4-2-3-5-9-19/h6-7,10,19H,2-5,8-9H2,1H3,(H,18,20). The van der Waals surface area contributed by atoms with E-state index in [0.717, 1.165) is 36.6 Å². The molecule has 5 heteroatoms. The summed E-state index contributed by atoms with van der Waals surface area (Å²) < 4.78 is 5.61. The fraction of sp³-hybridized carbons (Fsp3) is 0.438. The molecule has 2 rings (SSSR count). The van der Waals surface area contributed by atoms with Crippen LogP contribution in [0.15, 0.2) is 22.6 Å². The van der Waals surface area contributed by atoms with Crippen molar-refractivity contribution in [2.45, 2.75) is 32.6 Å². The van der Waals surface area contributed by atoms with E-state index in [1.54, 1.807) is 18.2 Å². The summed E-state index contributed by atoms with van der Waals surface area (Å²) in [7, 11) is 0. The molecule has 0 atom stereocenters. The normalized spacial score (nSPS) is 11.0. The Labute approximate surface area is 129 Å². The lowest BCUT2D eigenvalue weighted by molar-refractivity contribution is 0.0926. The molecule has 0 unspecified atom stereocenters. The molecule has 0 aliphatic rings. The van der Waals surface area contributed by atoms with Crippen molar-refractivity contribution in [3.05, 3.63) is 34.5 Å². The number of nitrogens with one attached hydrogen (secondary N) is 1. The Morgan fingerprint density at radius 1 is 1.29 bits per heavy atom. The average molecular weight is 310 g/mol. The van der Waals surface area contributed by atoms with Crippen LogP contribution in [-0.2, 0) is 0 Å². The van der Waals surface area contributed by atoms with Gasteiger partial charge in [0.25, 0.3) is 5.91 Å². The number of halogens is 1. The van der Waals surface area contributed by atoms with Gasteiger partial charge in [-0.05, 0) is 38.0 Å². The van der Waals surface area contributed by atoms with E-state index in [1.165, 1.54) is 0 Å². The first kappa shape index (κ1) is 15.9. The molecule has 0 radical (unpaired) electrons. The molecular weight excluding hydrogens is 290 g/mol. The highest BCUT2D eigenvalue weighted by atomic mass is 35.5. The minimum absolute atomic E-state index is 0.193. The zero-order chi connectivity index (χ0) is 15.2. The average Bonchev–Trinajstić information content (AvgIpc) is 2.79. The number of unbranched alkanes of at least 4 members (excludes halogenated alkanes) is 3. The third-order valence-corrected chi connectivity index (χ3v) is 3.71. The fourth-order valence-electron chi connectivity index (χ4n) is 2.28. The number of fused-ring (bicyclic) bond motifs is 1. The van der Waals surface area contributed by atoms with Gasteiger partial charge in [0, 0.05) is 29.1 Å². The third kappa shape index (κ3) is 3.99. The third-order valence-electron chi connectivity index (χ3n) is 3.47. The van der Waals surface area contributed by atoms with Crippen molar-refractivity contribution in [1.29, 1.82) is 0 Å². The van der Waals surface area contributed by atoms with E-state index in [9.17, 15) is 4.79 Å². The second-order valence-corrected chi connectivity index (χ2v) is 5.53. The topological polar surface area (TPSA) is 62.5 Å². The molecule has 0 fully saturated rings. The van der Waals surface area contributed by atoms with Crippen LogP contribution >= 0.6 is 11.6 Å². The quantitative estimate of drug-likeness (QED) is 0.767. The fourth-order valence-corrected chi connectivity index (χ4v) is 2.45. The van der Waals surface area contributed by atoms with E-state index in [1.807, 2.05) is 6.92 Å². The van der Waals surface area contributed by atoms with E-state index in [4.69, 9.17) is 21.1 Å². The first-order valence-electron chi connectivity index (χ1n) is 7.21. The highest BCUT2D eigenvalue weighted by molar-refractivity contribution is 6.31. The number of aliphatic hydroxyl groups is 1. The van der Waals surface area contributed by atoms with Gasteiger partial charge in [0.1, 0.15) is 5.58 Å². The molecule has 2 N–H and O–H groups in total. The summed E-state index contributed by atoms with van der Waals surface area (Å²) in [5, 5.41) is 13.0. The maximum atomic E-state index is 12.1. The van der Waals surface area contributed by atoms with Crippen LogP contribution in [0.1, 0.15) is 41.8 Å². The second kappa shape index (κ2) is 7.48. The molecule has 0 aliphatic heterocycles. The number of carbonyl (C=O) groups is 1. The molecule has 4 nitrogen and oxygen atoms in total. The van der Waals surface area contributed by atoms with Gasteiger partial charge in [-0.25, -0.2) is 0 Å². The summed E-state index contributed by atoms with van der Waals surface area (Å²) >= 11 is 5.96. The lowest BCUT2D eigenvalue weighted by Gasteiger charge is -2.03. The first-order chi connectivity index (χ1) is 10.1. The summed E-state index contributed by atoms with van der Waals surface area (Å²) in [5.74, 6) is 0.157. The number of hydrogen-bond acceptors (Lipinski definition) is 3. The van der Waals surface area contributed by atoms with Gasteiger partial charge in [0.15, 0.2) is 5.76 Å². The van der Waals surface area contributed by atoms with Crippen molar-refractivity contribution < 1.29 is 14.3 Å². The van der Waals surface area contributed by atoms with E-state index in [-0.39, 0.29) is 12.5 Å². The molecule has 114 valence electrons. The molecule has 2 aromatic rings. The summed E-state index contributed by atoms with van der Waals surface area (Å²) in [5.41, 5.74) is 1.48. The summed E-state index contributed by atoms with van der Waals surface area (Å²) in [6, 6.07) is 5.33. The van der Waals surface area contributed by atoms with Crippen LogP contribution in [0.25, 0.3) is 11.0 Å². The number of rotatable bonds is 7. The number of hydrogen-bond donors (Lipinski definition) is 2. The van der Waals surface area contributed by atoms with Gasteiger partial charge in [0.05, 0.1) is 0 Å². The molecule has 1 amide bonds. The van der Waals surface area contributed by atoms with Crippen molar-refractivity contribution in [2.24, 2.45) is 0 Å². The van der Waals surface area contributed by atoms with Crippen molar-refractivity contribution >= 4 is 28.5 Å². The Balaban J connectivity index is 1.95. The Hall–Kier alpha value is -1.52. The molecule has 0 saturated carbocycles. The number of carbonyl (C=O) groups excluding carboxylic acids is 1. The molecule has 1 heterocycles. The van der Waals surface area contributed by atoms with Gasteiger partial charge in [-0.3, -0.25) is 4.79 Å². The molecule has 1 aromatic carbocycles. The van der Waals surface area contributed by atoms with Crippen LogP contribution in [0.4, 0.5) is 0 Å². The Morgan fingerprint density at radius 3 is 2.81 bits per heavy atom. The number of benzene rings is 1. The molecular formula is C16H20ClNO3. The maximum absolute atomic E-state index is 12.1. The largest absolute Gasteiger partial charge is 0.451 e. The molecule has 0 bridgehead atoms. The number of furan rings is 1. The van der Waals surface area contributed by atoms with Gasteiger partial charge in [-0.1, -0.05) is 24.4 Å². The van der Waals surface area contributed by atoms with E-state index < -0.39 is 0 Å². The van der Waals surface area contributed by atoms with Gasteiger partial charge in [-0.2, -0.15) is 0 Å². The van der Waals surface area contributed by atoms with Crippen LogP contribution in [0.2, 0.25) is 5.02 Å². The Morgan fingerprint density at radius 2 is 2.05 bits per heavy atom. The van der Waals surface area contributed by atoms with Crippen molar-refractivity contribution in [3.8, 4) is 0 Å². The molecule has 0 saturated heterocycles. The lowest BCUT2D eigenvalue weighted by Crippen LogP contribution is -2.24. The van der Waals surface area contributed by atoms with Crippen LogP contribution in [0.5, 0.6) is 0 Å². The highest BCUT2D eigenvalue weighted by Gasteiger charge is 2.17. The lowest BCUT2D eigenvalue weighted by atomic mass is 10.1. The summed E-state index contributed by atoms with van der Waals surface area (Å²) in [4.78, 5) is 12.1. The zero-order valence-electron chi connectivity index (χ0n) is 12.1. The van der Waals surface area contributed by atoms with E-state index in [0.29, 0.717) is 22.9 Å². The Kier molecular flexibility index (Phi) is 5.65. The van der Waals surface area contributed by atoms with E-state index in [2.05, 4.69) is 5.32 Å². The van der Waals surface area contributed by atoms with Crippen LogP contribution < -0.4 is 5.32 Å². The smallest absolute Gasteiger partial charge is 0.287 e. The van der Waals surface area contributed by atoms with Crippen LogP contribution in [-0.4, -0.2) is 24.2 Å². The predicted molar refractivity (Wildman–Crippen MR) is 83.8 cm³/mol. The van der Waals surface area contributed by atoms with Gasteiger partial charge >= 0.3 is 0 Å². The van der Waals surface area contributed by atoms with Gasteiger partial charge in [-0.15, -0.1) is 0 Å². The predicted octanol–water partition coefficient (Wildman–Crippen LogP) is 3.68. The zero-order valence-corrected chi connectivity index (χ0v) is 12.9. The minimum atomic E-state index is -0.193. The molecule has 0 aliphatic carbocycles. The molecule has 1 aromatic heterocycles. The van der Waals surface area contributed by atoms with Crippen LogP contribution in [0, 0.1) is 6.92 Å². The first-order valence-corrected chi connectivity index (χ1v) is 7.59. The van der Waals surface area contributed by atoms with Crippen LogP contribution in [0.3, 0.4) is 0 Å². The summed E-state index contributed by atoms with van der Waals surface area (Å²) in [6.07, 6.45) is 3.69. The summed E-state index contributed by atoms with van der Waals surface area (Å²) in [6.45, 7) is 2.70. The number of aryl methyl sites for hydroxylation is 1. The number of amides is 1. The van der Waals surface area contributed by atoms with Crippen molar-refractivity contribution in [3.63, 3.8) is 0 Å². The minimum Gasteiger partial charge on any atom is -0.451 e. The van der Waals surface area contributed by atoms with Gasteiger partial charge < -0.3 is 14.8 Å². The number of aliphatic hydroxyl groups excluding tert-OH is 1. The molecule has 0 spiro atoms. The SMILES string of the molecule is Cc1c(C(=O)NCCCCCCO)oc2ccc(Cl)cc12. The maximum Gasteiger partial charge on any atom is 0.287 e. The molecule has 21 heavy (non-hydrogen) atoms. The van der Waals surface area contributed by atoms with E-state index >= 15 is 0 Å². The monoisotopic (exact) mass is 309 g/mol. The highest BCUT2D eigenvalue weighted by Crippen LogP contribution is 2.27. The van der Waals surface area contributed by atoms with Crippen molar-refractivity contribution in [1.82, 2.24) is 5.32 Å². The second-order valence-electron chi connectivity index (χ2n) is 5.09. The Bertz CT molecular complexity index is 621.